The van der Waals surface area contributed by atoms with Gasteiger partial charge in [0.05, 0.1) is 35.5 Å². The molecule has 0 unspecified atom stereocenters. The van der Waals surface area contributed by atoms with Crippen LogP contribution in [-0.2, 0) is 17.8 Å². The minimum atomic E-state index is -0.637. The second-order valence-corrected chi connectivity index (χ2v) is 6.91. The fourth-order valence-corrected chi connectivity index (χ4v) is 3.61. The first-order chi connectivity index (χ1) is 12.8. The van der Waals surface area contributed by atoms with Crippen LogP contribution >= 0.6 is 11.6 Å². The van der Waals surface area contributed by atoms with Gasteiger partial charge in [0.25, 0.3) is 5.91 Å². The molecular weight excluding hydrogens is 368 g/mol. The van der Waals surface area contributed by atoms with Gasteiger partial charge in [-0.05, 0) is 31.5 Å². The van der Waals surface area contributed by atoms with E-state index < -0.39 is 12.0 Å². The van der Waals surface area contributed by atoms with Crippen LogP contribution in [0.1, 0.15) is 35.5 Å². The number of primary amides is 1. The Morgan fingerprint density at radius 1 is 1.33 bits per heavy atom. The molecule has 0 radical (unpaired) electrons. The summed E-state index contributed by atoms with van der Waals surface area (Å²) in [6, 6.07) is 8.89. The third kappa shape index (κ3) is 3.49. The molecule has 0 atom stereocenters. The molecule has 0 spiro atoms. The molecule has 1 aromatic heterocycles. The molecule has 0 fully saturated rings. The van der Waals surface area contributed by atoms with E-state index in [0.717, 1.165) is 0 Å². The van der Waals surface area contributed by atoms with Gasteiger partial charge in [0.2, 0.25) is 0 Å². The maximum atomic E-state index is 12.3. The number of nitrogens with zero attached hydrogens (tertiary/aromatic N) is 3. The van der Waals surface area contributed by atoms with E-state index in [-0.39, 0.29) is 18.2 Å². The maximum Gasteiger partial charge on any atom is 0.410 e. The number of amides is 2. The molecule has 3 rings (SSSR count). The standard InChI is InChI=1S/C19H19ClN4O3/c1-11(2)27-19(26)23-6-7-24-14(10-23)16(18(22)25)15(17(24)20)13-5-3-4-12(8-13)9-21/h3-5,8,11H,6-7,10H2,1-2H3,(H2,22,25). The summed E-state index contributed by atoms with van der Waals surface area (Å²) < 4.78 is 7.04. The van der Waals surface area contributed by atoms with Gasteiger partial charge in [0.1, 0.15) is 5.15 Å². The monoisotopic (exact) mass is 386 g/mol. The van der Waals surface area contributed by atoms with E-state index in [1.165, 1.54) is 4.90 Å². The zero-order valence-corrected chi connectivity index (χ0v) is 15.8. The van der Waals surface area contributed by atoms with Gasteiger partial charge in [-0.2, -0.15) is 5.26 Å². The SMILES string of the molecule is CC(C)OC(=O)N1CCn2c(Cl)c(-c3cccc(C#N)c3)c(C(N)=O)c2C1. The fraction of sp³-hybridized carbons (Fsp3) is 0.316. The Morgan fingerprint density at radius 3 is 2.70 bits per heavy atom. The van der Waals surface area contributed by atoms with Crippen molar-refractivity contribution in [2.24, 2.45) is 5.73 Å². The second kappa shape index (κ2) is 7.33. The Labute approximate surface area is 161 Å². The van der Waals surface area contributed by atoms with Crippen molar-refractivity contribution >= 4 is 23.6 Å². The number of hydrogen-bond donors (Lipinski definition) is 1. The van der Waals surface area contributed by atoms with Gasteiger partial charge >= 0.3 is 6.09 Å². The molecular formula is C19H19ClN4O3. The lowest BCUT2D eigenvalue weighted by atomic mass is 10.0. The largest absolute Gasteiger partial charge is 0.447 e. The number of carbonyl (C=O) groups excluding carboxylic acids is 2. The lowest BCUT2D eigenvalue weighted by Gasteiger charge is -2.29. The van der Waals surface area contributed by atoms with E-state index in [1.807, 2.05) is 0 Å². The number of nitriles is 1. The Bertz CT molecular complexity index is 959. The highest BCUT2D eigenvalue weighted by Crippen LogP contribution is 2.38. The Morgan fingerprint density at radius 2 is 2.07 bits per heavy atom. The van der Waals surface area contributed by atoms with Gasteiger partial charge in [-0.15, -0.1) is 0 Å². The van der Waals surface area contributed by atoms with E-state index >= 15 is 0 Å². The number of benzene rings is 1. The lowest BCUT2D eigenvalue weighted by Crippen LogP contribution is -2.40. The first-order valence-electron chi connectivity index (χ1n) is 8.50. The van der Waals surface area contributed by atoms with Crippen LogP contribution in [-0.4, -0.2) is 34.1 Å². The number of nitrogens with two attached hydrogens (primary N) is 1. The van der Waals surface area contributed by atoms with Crippen molar-refractivity contribution in [2.45, 2.75) is 33.0 Å². The minimum absolute atomic E-state index is 0.168. The summed E-state index contributed by atoms with van der Waals surface area (Å²) in [6.45, 7) is 4.54. The number of halogens is 1. The fourth-order valence-electron chi connectivity index (χ4n) is 3.22. The van der Waals surface area contributed by atoms with Crippen LogP contribution < -0.4 is 5.73 Å². The Balaban J connectivity index is 2.09. The van der Waals surface area contributed by atoms with Crippen LogP contribution in [0.2, 0.25) is 5.15 Å². The molecule has 0 aliphatic carbocycles. The number of fused-ring (bicyclic) bond motifs is 1. The van der Waals surface area contributed by atoms with Crippen molar-refractivity contribution < 1.29 is 14.3 Å². The lowest BCUT2D eigenvalue weighted by molar-refractivity contribution is 0.0684. The summed E-state index contributed by atoms with van der Waals surface area (Å²) >= 11 is 6.57. The average Bonchev–Trinajstić information content (AvgIpc) is 2.93. The predicted octanol–water partition coefficient (Wildman–Crippen LogP) is 3.14. The van der Waals surface area contributed by atoms with E-state index in [1.54, 1.807) is 42.7 Å². The van der Waals surface area contributed by atoms with Gasteiger partial charge in [-0.3, -0.25) is 4.79 Å². The summed E-state index contributed by atoms with van der Waals surface area (Å²) in [5, 5.41) is 9.52. The average molecular weight is 387 g/mol. The molecule has 140 valence electrons. The van der Waals surface area contributed by atoms with Crippen LogP contribution in [0, 0.1) is 11.3 Å². The van der Waals surface area contributed by atoms with Crippen molar-refractivity contribution in [1.29, 1.82) is 5.26 Å². The summed E-state index contributed by atoms with van der Waals surface area (Å²) in [6.07, 6.45) is -0.688. The summed E-state index contributed by atoms with van der Waals surface area (Å²) in [5.74, 6) is -0.637. The third-order valence-electron chi connectivity index (χ3n) is 4.36. The highest BCUT2D eigenvalue weighted by Gasteiger charge is 2.32. The van der Waals surface area contributed by atoms with Gasteiger partial charge < -0.3 is 19.9 Å². The van der Waals surface area contributed by atoms with Crippen LogP contribution in [0.15, 0.2) is 24.3 Å². The van der Waals surface area contributed by atoms with Crippen LogP contribution in [0.3, 0.4) is 0 Å². The van der Waals surface area contributed by atoms with Crippen molar-refractivity contribution in [3.05, 3.63) is 46.2 Å². The van der Waals surface area contributed by atoms with Crippen molar-refractivity contribution in [3.8, 4) is 17.2 Å². The van der Waals surface area contributed by atoms with Crippen molar-refractivity contribution in [1.82, 2.24) is 9.47 Å². The maximum absolute atomic E-state index is 12.3. The van der Waals surface area contributed by atoms with Gasteiger partial charge in [0.15, 0.2) is 0 Å². The van der Waals surface area contributed by atoms with Crippen molar-refractivity contribution in [2.75, 3.05) is 6.54 Å². The molecule has 2 amide bonds. The van der Waals surface area contributed by atoms with Crippen LogP contribution in [0.25, 0.3) is 11.1 Å². The molecule has 2 heterocycles. The second-order valence-electron chi connectivity index (χ2n) is 6.55. The first-order valence-corrected chi connectivity index (χ1v) is 8.88. The highest BCUT2D eigenvalue weighted by atomic mass is 35.5. The quantitative estimate of drug-likeness (QED) is 0.875. The summed E-state index contributed by atoms with van der Waals surface area (Å²) in [5.41, 5.74) is 8.04. The zero-order chi connectivity index (χ0) is 19.7. The molecule has 0 saturated carbocycles. The van der Waals surface area contributed by atoms with E-state index in [9.17, 15) is 9.59 Å². The zero-order valence-electron chi connectivity index (χ0n) is 15.0. The molecule has 0 saturated heterocycles. The molecule has 2 aromatic rings. The molecule has 8 heteroatoms. The molecule has 1 aromatic carbocycles. The number of hydrogen-bond acceptors (Lipinski definition) is 4. The molecule has 7 nitrogen and oxygen atoms in total. The smallest absolute Gasteiger partial charge is 0.410 e. The normalized spacial score (nSPS) is 13.2. The van der Waals surface area contributed by atoms with Crippen LogP contribution in [0.5, 0.6) is 0 Å². The molecule has 2 N–H and O–H groups in total. The van der Waals surface area contributed by atoms with Gasteiger partial charge in [-0.1, -0.05) is 23.7 Å². The number of ether oxygens (including phenoxy) is 1. The molecule has 27 heavy (non-hydrogen) atoms. The predicted molar refractivity (Wildman–Crippen MR) is 100 cm³/mol. The van der Waals surface area contributed by atoms with Gasteiger partial charge in [-0.25, -0.2) is 4.79 Å². The third-order valence-corrected chi connectivity index (χ3v) is 4.76. The number of carbonyl (C=O) groups is 2. The molecule has 0 bridgehead atoms. The number of rotatable bonds is 3. The minimum Gasteiger partial charge on any atom is -0.447 e. The molecule has 1 aliphatic heterocycles. The Kier molecular flexibility index (Phi) is 5.10. The van der Waals surface area contributed by atoms with E-state index in [4.69, 9.17) is 27.3 Å². The molecule has 1 aliphatic rings. The van der Waals surface area contributed by atoms with E-state index in [2.05, 4.69) is 6.07 Å². The van der Waals surface area contributed by atoms with E-state index in [0.29, 0.717) is 40.6 Å². The topological polar surface area (TPSA) is 101 Å². The van der Waals surface area contributed by atoms with Crippen molar-refractivity contribution in [3.63, 3.8) is 0 Å². The summed E-state index contributed by atoms with van der Waals surface area (Å²) in [4.78, 5) is 26.0. The highest BCUT2D eigenvalue weighted by molar-refractivity contribution is 6.33. The summed E-state index contributed by atoms with van der Waals surface area (Å²) in [7, 11) is 0. The van der Waals surface area contributed by atoms with Crippen LogP contribution in [0.4, 0.5) is 4.79 Å². The Hall–Kier alpha value is -2.98. The van der Waals surface area contributed by atoms with Gasteiger partial charge in [0, 0.05) is 18.7 Å². The number of aromatic nitrogens is 1. The first kappa shape index (κ1) is 18.8.